The Morgan fingerprint density at radius 3 is 2.00 bits per heavy atom. The van der Waals surface area contributed by atoms with Gasteiger partial charge < -0.3 is 14.7 Å². The quantitative estimate of drug-likeness (QED) is 0.541. The van der Waals surface area contributed by atoms with Gasteiger partial charge in [0.1, 0.15) is 5.76 Å². The van der Waals surface area contributed by atoms with Crippen molar-refractivity contribution >= 4 is 29.9 Å². The van der Waals surface area contributed by atoms with E-state index in [9.17, 15) is 24.4 Å². The number of aliphatic hydroxyl groups is 1. The Hall–Kier alpha value is -2.89. The minimum absolute atomic E-state index is 0.0000365. The molecule has 0 aromatic heterocycles. The van der Waals surface area contributed by atoms with Crippen molar-refractivity contribution in [2.75, 3.05) is 0 Å². The van der Waals surface area contributed by atoms with Crippen LogP contribution >= 0.6 is 7.37 Å². The third-order valence-electron chi connectivity index (χ3n) is 5.73. The molecule has 0 radical (unpaired) electrons. The third-order valence-corrected chi connectivity index (χ3v) is 8.14. The van der Waals surface area contributed by atoms with Crippen LogP contribution < -0.4 is 10.6 Å². The number of hydrogen-bond donors (Lipinski definition) is 2. The van der Waals surface area contributed by atoms with Gasteiger partial charge in [0.05, 0.1) is 28.7 Å². The van der Waals surface area contributed by atoms with Gasteiger partial charge in [-0.25, -0.2) is 4.79 Å². The highest BCUT2D eigenvalue weighted by molar-refractivity contribution is 7.74. The van der Waals surface area contributed by atoms with Gasteiger partial charge in [-0.3, -0.25) is 14.3 Å². The summed E-state index contributed by atoms with van der Waals surface area (Å²) in [6.07, 6.45) is -0.925. The Morgan fingerprint density at radius 1 is 1.07 bits per heavy atom. The zero-order chi connectivity index (χ0) is 21.6. The minimum Gasteiger partial charge on any atom is -0.476 e. The van der Waals surface area contributed by atoms with Gasteiger partial charge in [-0.1, -0.05) is 43.3 Å². The van der Waals surface area contributed by atoms with E-state index in [0.29, 0.717) is 10.6 Å². The van der Waals surface area contributed by atoms with E-state index >= 15 is 0 Å². The summed E-state index contributed by atoms with van der Waals surface area (Å²) in [5.74, 6) is -3.05. The van der Waals surface area contributed by atoms with Gasteiger partial charge in [-0.2, -0.15) is 0 Å². The number of rotatable bonds is 6. The normalized spacial score (nSPS) is 24.3. The highest BCUT2D eigenvalue weighted by Crippen LogP contribution is 2.54. The fourth-order valence-corrected chi connectivity index (χ4v) is 6.45. The van der Waals surface area contributed by atoms with Crippen molar-refractivity contribution in [3.8, 4) is 0 Å². The van der Waals surface area contributed by atoms with E-state index in [1.807, 2.05) is 0 Å². The lowest BCUT2D eigenvalue weighted by atomic mass is 9.79. The SMILES string of the molecule is CC(O)[C@H]1C(=O)N2C(C(=O)O)=C(OP(=O)(c3ccccc3)c3ccccc3)[C@H](C)[C@H]12. The van der Waals surface area contributed by atoms with Gasteiger partial charge in [0.2, 0.25) is 5.91 Å². The monoisotopic (exact) mass is 427 g/mol. The minimum atomic E-state index is -3.70. The first-order valence-corrected chi connectivity index (χ1v) is 11.3. The van der Waals surface area contributed by atoms with Crippen LogP contribution in [0.4, 0.5) is 0 Å². The highest BCUT2D eigenvalue weighted by Gasteiger charge is 2.61. The Morgan fingerprint density at radius 2 is 1.57 bits per heavy atom. The van der Waals surface area contributed by atoms with E-state index in [1.165, 1.54) is 6.92 Å². The molecule has 2 aliphatic heterocycles. The standard InChI is InChI=1S/C22H22NO6P/c1-13-18-17(14(2)24)21(25)23(18)19(22(26)27)20(13)29-30(28,15-9-5-3-6-10-15)16-11-7-4-8-12-16/h3-14,17-18,24H,1-2H3,(H,26,27)/t13-,14?,17-,18-/m1/s1. The van der Waals surface area contributed by atoms with Crippen LogP contribution in [0.15, 0.2) is 72.1 Å². The fraction of sp³-hybridized carbons (Fsp3) is 0.273. The fourth-order valence-electron chi connectivity index (χ4n) is 4.28. The summed E-state index contributed by atoms with van der Waals surface area (Å²) < 4.78 is 20.3. The average Bonchev–Trinajstić information content (AvgIpc) is 2.97. The largest absolute Gasteiger partial charge is 0.476 e. The predicted octanol–water partition coefficient (Wildman–Crippen LogP) is 2.09. The molecule has 0 bridgehead atoms. The molecule has 2 aromatic rings. The Labute approximate surface area is 174 Å². The number of aliphatic carboxylic acids is 1. The zero-order valence-corrected chi connectivity index (χ0v) is 17.4. The number of fused-ring (bicyclic) bond motifs is 1. The van der Waals surface area contributed by atoms with Crippen molar-refractivity contribution in [3.63, 3.8) is 0 Å². The molecule has 1 amide bonds. The topological polar surface area (TPSA) is 104 Å². The second-order valence-electron chi connectivity index (χ2n) is 7.59. The maximum absolute atomic E-state index is 14.2. The molecule has 0 aliphatic carbocycles. The molecule has 1 saturated heterocycles. The van der Waals surface area contributed by atoms with Crippen LogP contribution in [0, 0.1) is 11.8 Å². The number of β-lactam (4-membered cyclic amide) rings is 1. The van der Waals surface area contributed by atoms with E-state index in [-0.39, 0.29) is 11.5 Å². The molecule has 4 rings (SSSR count). The molecule has 2 heterocycles. The van der Waals surface area contributed by atoms with Crippen LogP contribution in [0.25, 0.3) is 0 Å². The molecule has 1 unspecified atom stereocenters. The summed E-state index contributed by atoms with van der Waals surface area (Å²) in [6, 6.07) is 16.7. The van der Waals surface area contributed by atoms with Crippen molar-refractivity contribution in [2.24, 2.45) is 11.8 Å². The molecule has 0 spiro atoms. The number of carboxylic acids is 1. The number of aliphatic hydroxyl groups excluding tert-OH is 1. The summed E-state index contributed by atoms with van der Waals surface area (Å²) in [4.78, 5) is 25.7. The Kier molecular flexibility index (Phi) is 5.04. The predicted molar refractivity (Wildman–Crippen MR) is 110 cm³/mol. The van der Waals surface area contributed by atoms with Gasteiger partial charge in [-0.15, -0.1) is 0 Å². The van der Waals surface area contributed by atoms with E-state index in [2.05, 4.69) is 0 Å². The lowest BCUT2D eigenvalue weighted by molar-refractivity contribution is -0.163. The Bertz CT molecular complexity index is 1020. The summed E-state index contributed by atoms with van der Waals surface area (Å²) in [5.41, 5.74) is -0.304. The first kappa shape index (κ1) is 20.4. The maximum atomic E-state index is 14.2. The second kappa shape index (κ2) is 7.42. The van der Waals surface area contributed by atoms with Gasteiger partial charge >= 0.3 is 13.3 Å². The molecule has 4 atom stereocenters. The summed E-state index contributed by atoms with van der Waals surface area (Å²) in [7, 11) is -3.70. The molecule has 7 nitrogen and oxygen atoms in total. The second-order valence-corrected chi connectivity index (χ2v) is 9.90. The van der Waals surface area contributed by atoms with Gasteiger partial charge in [0, 0.05) is 5.92 Å². The molecule has 8 heteroatoms. The summed E-state index contributed by atoms with van der Waals surface area (Å²) in [5, 5.41) is 20.7. The number of hydrogen-bond acceptors (Lipinski definition) is 5. The lowest BCUT2D eigenvalue weighted by Crippen LogP contribution is -2.63. The van der Waals surface area contributed by atoms with Crippen LogP contribution in [0.3, 0.4) is 0 Å². The first-order valence-electron chi connectivity index (χ1n) is 9.67. The van der Waals surface area contributed by atoms with Crippen molar-refractivity contribution in [1.82, 2.24) is 4.90 Å². The van der Waals surface area contributed by atoms with E-state index in [1.54, 1.807) is 67.6 Å². The third kappa shape index (κ3) is 2.97. The van der Waals surface area contributed by atoms with Crippen molar-refractivity contribution in [1.29, 1.82) is 0 Å². The molecular formula is C22H22NO6P. The molecule has 1 fully saturated rings. The van der Waals surface area contributed by atoms with Gasteiger partial charge in [0.15, 0.2) is 5.70 Å². The molecular weight excluding hydrogens is 405 g/mol. The van der Waals surface area contributed by atoms with Crippen LogP contribution in [-0.4, -0.2) is 39.1 Å². The molecule has 0 saturated carbocycles. The molecule has 156 valence electrons. The van der Waals surface area contributed by atoms with Crippen LogP contribution in [-0.2, 0) is 18.7 Å². The van der Waals surface area contributed by atoms with Crippen molar-refractivity contribution in [2.45, 2.75) is 26.0 Å². The van der Waals surface area contributed by atoms with Gasteiger partial charge in [-0.05, 0) is 31.2 Å². The summed E-state index contributed by atoms with van der Waals surface area (Å²) in [6.45, 7) is 3.23. The number of carboxylic acid groups (broad SMARTS) is 1. The van der Waals surface area contributed by atoms with Crippen molar-refractivity contribution < 1.29 is 28.9 Å². The number of benzene rings is 2. The molecule has 2 N–H and O–H groups in total. The van der Waals surface area contributed by atoms with E-state index in [0.717, 1.165) is 4.90 Å². The average molecular weight is 427 g/mol. The van der Waals surface area contributed by atoms with Crippen LogP contribution in [0.1, 0.15) is 13.8 Å². The Balaban J connectivity index is 1.83. The lowest BCUT2D eigenvalue weighted by Gasteiger charge is -2.46. The maximum Gasteiger partial charge on any atom is 0.356 e. The van der Waals surface area contributed by atoms with Crippen molar-refractivity contribution in [3.05, 3.63) is 72.1 Å². The van der Waals surface area contributed by atoms with Crippen LogP contribution in [0.5, 0.6) is 0 Å². The smallest absolute Gasteiger partial charge is 0.356 e. The van der Waals surface area contributed by atoms with Crippen LogP contribution in [0.2, 0.25) is 0 Å². The molecule has 2 aliphatic rings. The summed E-state index contributed by atoms with van der Waals surface area (Å²) >= 11 is 0. The molecule has 30 heavy (non-hydrogen) atoms. The number of carbonyl (C=O) groups excluding carboxylic acids is 1. The number of nitrogens with zero attached hydrogens (tertiary/aromatic N) is 1. The van der Waals surface area contributed by atoms with E-state index in [4.69, 9.17) is 4.52 Å². The molecule has 2 aromatic carbocycles. The number of carbonyl (C=O) groups is 2. The highest BCUT2D eigenvalue weighted by atomic mass is 31.2. The van der Waals surface area contributed by atoms with E-state index < -0.39 is 43.2 Å². The number of amides is 1. The first-order chi connectivity index (χ1) is 14.3. The van der Waals surface area contributed by atoms with Gasteiger partial charge in [0.25, 0.3) is 0 Å². The zero-order valence-electron chi connectivity index (χ0n) is 16.5.